The highest BCUT2D eigenvalue weighted by atomic mass is 79.9. The SMILES string of the molecule is CC/C(=C\Br)CO. The molecule has 0 atom stereocenters. The second-order valence-electron chi connectivity index (χ2n) is 1.28. The zero-order chi connectivity index (χ0) is 5.70. The van der Waals surface area contributed by atoms with Crippen LogP contribution in [0.15, 0.2) is 10.6 Å². The highest BCUT2D eigenvalue weighted by Crippen LogP contribution is 2.00. The lowest BCUT2D eigenvalue weighted by Crippen LogP contribution is -1.84. The number of hydrogen-bond acceptors (Lipinski definition) is 1. The molecule has 0 rings (SSSR count). The topological polar surface area (TPSA) is 20.2 Å². The molecule has 0 aliphatic heterocycles. The van der Waals surface area contributed by atoms with Crippen LogP contribution in [0.4, 0.5) is 0 Å². The van der Waals surface area contributed by atoms with Crippen molar-refractivity contribution in [3.63, 3.8) is 0 Å². The minimum Gasteiger partial charge on any atom is -0.392 e. The minimum absolute atomic E-state index is 0.168. The number of rotatable bonds is 2. The van der Waals surface area contributed by atoms with Gasteiger partial charge in [-0.3, -0.25) is 0 Å². The van der Waals surface area contributed by atoms with Crippen LogP contribution in [0.3, 0.4) is 0 Å². The Morgan fingerprint density at radius 1 is 1.86 bits per heavy atom. The molecule has 0 radical (unpaired) electrons. The lowest BCUT2D eigenvalue weighted by atomic mass is 10.3. The van der Waals surface area contributed by atoms with Gasteiger partial charge >= 0.3 is 0 Å². The van der Waals surface area contributed by atoms with Gasteiger partial charge in [-0.25, -0.2) is 0 Å². The summed E-state index contributed by atoms with van der Waals surface area (Å²) in [6, 6.07) is 0. The Balaban J connectivity index is 3.38. The van der Waals surface area contributed by atoms with Gasteiger partial charge in [0.25, 0.3) is 0 Å². The maximum absolute atomic E-state index is 8.43. The fourth-order valence-electron chi connectivity index (χ4n) is 0.223. The van der Waals surface area contributed by atoms with Crippen LogP contribution in [0.2, 0.25) is 0 Å². The summed E-state index contributed by atoms with van der Waals surface area (Å²) in [5.41, 5.74) is 1.03. The molecule has 0 saturated heterocycles. The molecule has 0 saturated carbocycles. The van der Waals surface area contributed by atoms with Crippen molar-refractivity contribution in [3.8, 4) is 0 Å². The molecule has 0 fully saturated rings. The van der Waals surface area contributed by atoms with Gasteiger partial charge in [0.2, 0.25) is 0 Å². The first-order chi connectivity index (χ1) is 3.35. The smallest absolute Gasteiger partial charge is 0.0649 e. The van der Waals surface area contributed by atoms with E-state index >= 15 is 0 Å². The van der Waals surface area contributed by atoms with Crippen LogP contribution in [-0.4, -0.2) is 11.7 Å². The maximum atomic E-state index is 8.43. The molecule has 0 heterocycles. The van der Waals surface area contributed by atoms with Crippen LogP contribution in [0, 0.1) is 0 Å². The summed E-state index contributed by atoms with van der Waals surface area (Å²) < 4.78 is 0. The first-order valence-electron chi connectivity index (χ1n) is 2.24. The molecule has 1 N–H and O–H groups in total. The van der Waals surface area contributed by atoms with Gasteiger partial charge in [-0.15, -0.1) is 0 Å². The van der Waals surface area contributed by atoms with Crippen molar-refractivity contribution < 1.29 is 5.11 Å². The minimum atomic E-state index is 0.168. The Morgan fingerprint density at radius 2 is 2.43 bits per heavy atom. The van der Waals surface area contributed by atoms with E-state index in [2.05, 4.69) is 15.9 Å². The summed E-state index contributed by atoms with van der Waals surface area (Å²) >= 11 is 3.11. The van der Waals surface area contributed by atoms with Crippen LogP contribution in [0.5, 0.6) is 0 Å². The predicted octanol–water partition coefficient (Wildman–Crippen LogP) is 1.67. The summed E-state index contributed by atoms with van der Waals surface area (Å²) in [4.78, 5) is 1.76. The van der Waals surface area contributed by atoms with Crippen molar-refractivity contribution in [1.82, 2.24) is 0 Å². The quantitative estimate of drug-likeness (QED) is 0.659. The molecule has 42 valence electrons. The molecule has 0 amide bonds. The molecule has 0 aliphatic carbocycles. The fraction of sp³-hybridized carbons (Fsp3) is 0.600. The number of aliphatic hydroxyl groups is 1. The molecule has 2 heteroatoms. The first-order valence-corrected chi connectivity index (χ1v) is 3.15. The Labute approximate surface area is 52.2 Å². The van der Waals surface area contributed by atoms with Crippen LogP contribution in [0.1, 0.15) is 13.3 Å². The molecule has 0 aromatic heterocycles. The third kappa shape index (κ3) is 2.83. The number of halogens is 1. The summed E-state index contributed by atoms with van der Waals surface area (Å²) in [5, 5.41) is 8.43. The highest BCUT2D eigenvalue weighted by Gasteiger charge is 1.84. The summed E-state index contributed by atoms with van der Waals surface area (Å²) in [7, 11) is 0. The van der Waals surface area contributed by atoms with Crippen LogP contribution in [0.25, 0.3) is 0 Å². The van der Waals surface area contributed by atoms with Gasteiger partial charge in [-0.1, -0.05) is 22.9 Å². The van der Waals surface area contributed by atoms with E-state index in [4.69, 9.17) is 5.11 Å². The summed E-state index contributed by atoms with van der Waals surface area (Å²) in [6.45, 7) is 2.17. The van der Waals surface area contributed by atoms with Gasteiger partial charge in [-0.2, -0.15) is 0 Å². The van der Waals surface area contributed by atoms with Crippen molar-refractivity contribution in [2.45, 2.75) is 13.3 Å². The van der Waals surface area contributed by atoms with Crippen molar-refractivity contribution in [2.24, 2.45) is 0 Å². The van der Waals surface area contributed by atoms with E-state index < -0.39 is 0 Å². The van der Waals surface area contributed by atoms with E-state index in [9.17, 15) is 0 Å². The zero-order valence-electron chi connectivity index (χ0n) is 4.32. The van der Waals surface area contributed by atoms with Gasteiger partial charge in [0.15, 0.2) is 0 Å². The Kier molecular flexibility index (Phi) is 4.45. The van der Waals surface area contributed by atoms with E-state index in [-0.39, 0.29) is 6.61 Å². The largest absolute Gasteiger partial charge is 0.392 e. The molecular weight excluding hydrogens is 156 g/mol. The van der Waals surface area contributed by atoms with Gasteiger partial charge in [0, 0.05) is 0 Å². The molecule has 0 aromatic carbocycles. The van der Waals surface area contributed by atoms with Gasteiger partial charge in [0.1, 0.15) is 0 Å². The van der Waals surface area contributed by atoms with Crippen molar-refractivity contribution >= 4 is 15.9 Å². The molecule has 0 aromatic rings. The van der Waals surface area contributed by atoms with E-state index in [1.807, 2.05) is 6.92 Å². The van der Waals surface area contributed by atoms with E-state index in [0.717, 1.165) is 12.0 Å². The zero-order valence-corrected chi connectivity index (χ0v) is 5.90. The van der Waals surface area contributed by atoms with Crippen molar-refractivity contribution in [1.29, 1.82) is 0 Å². The third-order valence-electron chi connectivity index (χ3n) is 0.812. The van der Waals surface area contributed by atoms with Crippen LogP contribution < -0.4 is 0 Å². The second-order valence-corrected chi connectivity index (χ2v) is 1.74. The summed E-state index contributed by atoms with van der Waals surface area (Å²) in [6.07, 6.45) is 0.918. The Bertz CT molecular complexity index is 62.5. The van der Waals surface area contributed by atoms with E-state index in [1.165, 1.54) is 0 Å². The molecule has 1 nitrogen and oxygen atoms in total. The third-order valence-corrected chi connectivity index (χ3v) is 1.46. The first kappa shape index (κ1) is 7.18. The lowest BCUT2D eigenvalue weighted by Gasteiger charge is -1.91. The molecule has 0 spiro atoms. The Morgan fingerprint density at radius 3 is 2.43 bits per heavy atom. The monoisotopic (exact) mass is 164 g/mol. The van der Waals surface area contributed by atoms with Crippen molar-refractivity contribution in [3.05, 3.63) is 10.6 Å². The molecule has 0 aliphatic rings. The number of hydrogen-bond donors (Lipinski definition) is 1. The van der Waals surface area contributed by atoms with Crippen LogP contribution >= 0.6 is 15.9 Å². The molecule has 0 bridgehead atoms. The lowest BCUT2D eigenvalue weighted by molar-refractivity contribution is 0.328. The maximum Gasteiger partial charge on any atom is 0.0649 e. The molecule has 7 heavy (non-hydrogen) atoms. The van der Waals surface area contributed by atoms with E-state index in [0.29, 0.717) is 0 Å². The average Bonchev–Trinajstić information content (AvgIpc) is 1.72. The van der Waals surface area contributed by atoms with Gasteiger partial charge < -0.3 is 5.11 Å². The van der Waals surface area contributed by atoms with Gasteiger partial charge in [0.05, 0.1) is 6.61 Å². The average molecular weight is 165 g/mol. The Hall–Kier alpha value is 0.180. The van der Waals surface area contributed by atoms with Crippen LogP contribution in [-0.2, 0) is 0 Å². The van der Waals surface area contributed by atoms with E-state index in [1.54, 1.807) is 4.99 Å². The van der Waals surface area contributed by atoms with Crippen molar-refractivity contribution in [2.75, 3.05) is 6.61 Å². The fourth-order valence-corrected chi connectivity index (χ4v) is 0.692. The molecule has 0 unspecified atom stereocenters. The predicted molar refractivity (Wildman–Crippen MR) is 34.4 cm³/mol. The number of aliphatic hydroxyl groups excluding tert-OH is 1. The second kappa shape index (κ2) is 4.34. The normalized spacial score (nSPS) is 12.1. The highest BCUT2D eigenvalue weighted by molar-refractivity contribution is 9.11. The summed E-state index contributed by atoms with van der Waals surface area (Å²) in [5.74, 6) is 0. The van der Waals surface area contributed by atoms with Gasteiger partial charge in [-0.05, 0) is 17.0 Å². The molecular formula is C5H9BrO. The standard InChI is InChI=1S/C5H9BrO/c1-2-5(3-6)4-7/h3,7H,2,4H2,1H3/b5-3+.